The third-order valence-electron chi connectivity index (χ3n) is 6.56. The highest BCUT2D eigenvalue weighted by molar-refractivity contribution is 5.78. The van der Waals surface area contributed by atoms with Crippen LogP contribution in [0, 0.1) is 0 Å². The minimum absolute atomic E-state index is 0.0658. The lowest BCUT2D eigenvalue weighted by atomic mass is 10.1. The zero-order valence-electron chi connectivity index (χ0n) is 19.5. The van der Waals surface area contributed by atoms with Gasteiger partial charge in [-0.1, -0.05) is 24.3 Å². The number of benzene rings is 2. The van der Waals surface area contributed by atoms with E-state index < -0.39 is 0 Å². The molecule has 0 saturated carbocycles. The quantitative estimate of drug-likeness (QED) is 0.703. The molecule has 2 aliphatic rings. The van der Waals surface area contributed by atoms with Gasteiger partial charge in [-0.15, -0.1) is 0 Å². The highest BCUT2D eigenvalue weighted by Gasteiger charge is 2.23. The number of hydrogen-bond donors (Lipinski definition) is 1. The number of nitrogens with one attached hydrogen (secondary N) is 1. The average Bonchev–Trinajstić information content (AvgIpc) is 3.41. The van der Waals surface area contributed by atoms with Crippen LogP contribution in [-0.2, 0) is 17.8 Å². The number of rotatable bonds is 7. The summed E-state index contributed by atoms with van der Waals surface area (Å²) in [6.07, 6.45) is 3.71. The number of urea groups is 1. The zero-order valence-corrected chi connectivity index (χ0v) is 19.5. The fourth-order valence-corrected chi connectivity index (χ4v) is 4.45. The van der Waals surface area contributed by atoms with E-state index in [4.69, 9.17) is 4.74 Å². The lowest BCUT2D eigenvalue weighted by molar-refractivity contribution is -0.132. The molecule has 2 aliphatic heterocycles. The summed E-state index contributed by atoms with van der Waals surface area (Å²) in [5.41, 5.74) is 3.48. The minimum atomic E-state index is -0.0658. The number of piperazine rings is 1. The van der Waals surface area contributed by atoms with Gasteiger partial charge < -0.3 is 24.8 Å². The Bertz CT molecular complexity index is 916. The van der Waals surface area contributed by atoms with Crippen molar-refractivity contribution < 1.29 is 14.3 Å². The van der Waals surface area contributed by atoms with Crippen LogP contribution in [0.15, 0.2) is 48.5 Å². The van der Waals surface area contributed by atoms with Gasteiger partial charge in [0.1, 0.15) is 5.75 Å². The molecule has 2 heterocycles. The first-order valence-electron chi connectivity index (χ1n) is 11.9. The second-order valence-corrected chi connectivity index (χ2v) is 8.74. The number of ether oxygens (including phenoxy) is 1. The van der Waals surface area contributed by atoms with E-state index in [1.807, 2.05) is 29.2 Å². The molecule has 2 aromatic carbocycles. The van der Waals surface area contributed by atoms with E-state index in [9.17, 15) is 9.59 Å². The van der Waals surface area contributed by atoms with E-state index >= 15 is 0 Å². The number of carbonyl (C=O) groups excluding carboxylic acids is 2. The number of nitrogens with zero attached hydrogens (tertiary/aromatic N) is 3. The molecule has 0 bridgehead atoms. The molecule has 176 valence electrons. The predicted molar refractivity (Wildman–Crippen MR) is 130 cm³/mol. The Morgan fingerprint density at radius 3 is 2.06 bits per heavy atom. The second-order valence-electron chi connectivity index (χ2n) is 8.74. The lowest BCUT2D eigenvalue weighted by Gasteiger charge is -2.34. The lowest BCUT2D eigenvalue weighted by Crippen LogP contribution is -2.53. The van der Waals surface area contributed by atoms with Gasteiger partial charge in [-0.3, -0.25) is 4.79 Å². The summed E-state index contributed by atoms with van der Waals surface area (Å²) in [6.45, 7) is 5.07. The van der Waals surface area contributed by atoms with Crippen LogP contribution in [0.25, 0.3) is 0 Å². The molecule has 0 radical (unpaired) electrons. The third kappa shape index (κ3) is 6.18. The summed E-state index contributed by atoms with van der Waals surface area (Å²) in [4.78, 5) is 31.2. The number of anilines is 1. The molecule has 0 spiro atoms. The van der Waals surface area contributed by atoms with Crippen molar-refractivity contribution in [2.45, 2.75) is 32.2 Å². The SMILES string of the molecule is COc1ccc(CCC(=O)N2CCN(C(=O)NCc3ccc(N4CCCC4)cc3)CC2)cc1. The van der Waals surface area contributed by atoms with Crippen LogP contribution in [-0.4, -0.2) is 68.1 Å². The van der Waals surface area contributed by atoms with Gasteiger partial charge in [0, 0.05) is 57.9 Å². The smallest absolute Gasteiger partial charge is 0.317 e. The van der Waals surface area contributed by atoms with Gasteiger partial charge in [-0.2, -0.15) is 0 Å². The maximum atomic E-state index is 12.6. The van der Waals surface area contributed by atoms with Gasteiger partial charge in [0.15, 0.2) is 0 Å². The van der Waals surface area contributed by atoms with Crippen molar-refractivity contribution in [1.82, 2.24) is 15.1 Å². The summed E-state index contributed by atoms with van der Waals surface area (Å²) >= 11 is 0. The molecule has 2 saturated heterocycles. The number of amides is 3. The van der Waals surface area contributed by atoms with E-state index in [1.165, 1.54) is 18.5 Å². The maximum absolute atomic E-state index is 12.6. The van der Waals surface area contributed by atoms with Crippen molar-refractivity contribution in [3.8, 4) is 5.75 Å². The number of methoxy groups -OCH3 is 1. The molecular weight excluding hydrogens is 416 g/mol. The first-order valence-corrected chi connectivity index (χ1v) is 11.9. The Balaban J connectivity index is 1.16. The van der Waals surface area contributed by atoms with E-state index in [1.54, 1.807) is 12.0 Å². The van der Waals surface area contributed by atoms with Crippen molar-refractivity contribution in [3.63, 3.8) is 0 Å². The first-order chi connectivity index (χ1) is 16.1. The molecule has 0 aromatic heterocycles. The first kappa shape index (κ1) is 23.0. The van der Waals surface area contributed by atoms with Crippen LogP contribution in [0.1, 0.15) is 30.4 Å². The third-order valence-corrected chi connectivity index (χ3v) is 6.56. The topological polar surface area (TPSA) is 65.1 Å². The Labute approximate surface area is 196 Å². The normalized spacial score (nSPS) is 16.1. The molecule has 2 aromatic rings. The summed E-state index contributed by atoms with van der Waals surface area (Å²) in [6, 6.07) is 16.2. The average molecular weight is 451 g/mol. The predicted octanol–water partition coefficient (Wildman–Crippen LogP) is 3.28. The van der Waals surface area contributed by atoms with E-state index in [0.717, 1.165) is 30.0 Å². The summed E-state index contributed by atoms with van der Waals surface area (Å²) in [5.74, 6) is 0.961. The molecule has 1 N–H and O–H groups in total. The molecule has 0 unspecified atom stereocenters. The summed E-state index contributed by atoms with van der Waals surface area (Å²) in [7, 11) is 1.64. The molecule has 7 nitrogen and oxygen atoms in total. The van der Waals surface area contributed by atoms with Crippen LogP contribution in [0.4, 0.5) is 10.5 Å². The fraction of sp³-hybridized carbons (Fsp3) is 0.462. The molecule has 3 amide bonds. The Kier molecular flexibility index (Phi) is 7.70. The van der Waals surface area contributed by atoms with Crippen molar-refractivity contribution in [3.05, 3.63) is 59.7 Å². The highest BCUT2D eigenvalue weighted by Crippen LogP contribution is 2.20. The largest absolute Gasteiger partial charge is 0.497 e. The van der Waals surface area contributed by atoms with Crippen molar-refractivity contribution >= 4 is 17.6 Å². The highest BCUT2D eigenvalue weighted by atomic mass is 16.5. The van der Waals surface area contributed by atoms with Crippen molar-refractivity contribution in [2.24, 2.45) is 0 Å². The van der Waals surface area contributed by atoms with Gasteiger partial charge >= 0.3 is 6.03 Å². The van der Waals surface area contributed by atoms with Gasteiger partial charge in [0.05, 0.1) is 7.11 Å². The van der Waals surface area contributed by atoms with Crippen LogP contribution < -0.4 is 15.0 Å². The van der Waals surface area contributed by atoms with E-state index in [2.05, 4.69) is 34.5 Å². The van der Waals surface area contributed by atoms with Crippen LogP contribution in [0.5, 0.6) is 5.75 Å². The summed E-state index contributed by atoms with van der Waals surface area (Å²) < 4.78 is 5.17. The van der Waals surface area contributed by atoms with Crippen LogP contribution in [0.2, 0.25) is 0 Å². The second kappa shape index (κ2) is 11.1. The molecule has 4 rings (SSSR count). The van der Waals surface area contributed by atoms with E-state index in [0.29, 0.717) is 45.6 Å². The molecule has 0 aliphatic carbocycles. The monoisotopic (exact) mass is 450 g/mol. The summed E-state index contributed by atoms with van der Waals surface area (Å²) in [5, 5.41) is 3.02. The molecule has 33 heavy (non-hydrogen) atoms. The Morgan fingerprint density at radius 1 is 0.818 bits per heavy atom. The van der Waals surface area contributed by atoms with Crippen LogP contribution >= 0.6 is 0 Å². The van der Waals surface area contributed by atoms with Gasteiger partial charge in [0.25, 0.3) is 0 Å². The maximum Gasteiger partial charge on any atom is 0.317 e. The van der Waals surface area contributed by atoms with E-state index in [-0.39, 0.29) is 11.9 Å². The molecule has 2 fully saturated rings. The fourth-order valence-electron chi connectivity index (χ4n) is 4.45. The molecular formula is C26H34N4O3. The van der Waals surface area contributed by atoms with Crippen molar-refractivity contribution in [2.75, 3.05) is 51.3 Å². The zero-order chi connectivity index (χ0) is 23.0. The molecule has 7 heteroatoms. The van der Waals surface area contributed by atoms with Crippen molar-refractivity contribution in [1.29, 1.82) is 0 Å². The van der Waals surface area contributed by atoms with Gasteiger partial charge in [0.2, 0.25) is 5.91 Å². The van der Waals surface area contributed by atoms with Gasteiger partial charge in [-0.25, -0.2) is 4.79 Å². The number of aryl methyl sites for hydroxylation is 1. The Morgan fingerprint density at radius 2 is 1.42 bits per heavy atom. The number of hydrogen-bond acceptors (Lipinski definition) is 4. The molecule has 0 atom stereocenters. The standard InChI is InChI=1S/C26H34N4O3/c1-33-24-11-6-21(7-12-24)8-13-25(31)29-16-18-30(19-17-29)26(32)27-20-22-4-9-23(10-5-22)28-14-2-3-15-28/h4-7,9-12H,2-3,8,13-20H2,1H3,(H,27,32). The Hall–Kier alpha value is -3.22. The van der Waals surface area contributed by atoms with Gasteiger partial charge in [-0.05, 0) is 54.7 Å². The number of carbonyl (C=O) groups is 2. The van der Waals surface area contributed by atoms with Crippen LogP contribution in [0.3, 0.4) is 0 Å². The minimum Gasteiger partial charge on any atom is -0.497 e.